The van der Waals surface area contributed by atoms with Crippen molar-refractivity contribution in [3.8, 4) is 6.07 Å². The molecule has 3 heteroatoms. The summed E-state index contributed by atoms with van der Waals surface area (Å²) < 4.78 is 10.5. The van der Waals surface area contributed by atoms with Crippen LogP contribution in [0, 0.1) is 17.2 Å². The molecule has 1 saturated heterocycles. The van der Waals surface area contributed by atoms with Crippen molar-refractivity contribution in [1.82, 2.24) is 0 Å². The van der Waals surface area contributed by atoms with Crippen LogP contribution >= 0.6 is 0 Å². The summed E-state index contributed by atoms with van der Waals surface area (Å²) in [6.07, 6.45) is 0. The molecule has 0 aromatic heterocycles. The first-order chi connectivity index (χ1) is 4.69. The van der Waals surface area contributed by atoms with E-state index in [0.717, 1.165) is 0 Å². The van der Waals surface area contributed by atoms with Crippen LogP contribution in [0.15, 0.2) is 0 Å². The third-order valence-corrected chi connectivity index (χ3v) is 1.84. The summed E-state index contributed by atoms with van der Waals surface area (Å²) >= 11 is 0. The van der Waals surface area contributed by atoms with Gasteiger partial charge in [-0.3, -0.25) is 0 Å². The molecule has 10 heavy (non-hydrogen) atoms. The molecule has 1 fully saturated rings. The quantitative estimate of drug-likeness (QED) is 0.545. The maximum absolute atomic E-state index is 8.55. The van der Waals surface area contributed by atoms with E-state index < -0.39 is 5.79 Å². The maximum atomic E-state index is 8.55. The lowest BCUT2D eigenvalue weighted by molar-refractivity contribution is -0.163. The van der Waals surface area contributed by atoms with Gasteiger partial charge in [0.25, 0.3) is 0 Å². The lowest BCUT2D eigenvalue weighted by atomic mass is 10.1. The zero-order valence-corrected chi connectivity index (χ0v) is 6.26. The molecule has 56 valence electrons. The normalized spacial score (nSPS) is 25.7. The number of ether oxygens (including phenoxy) is 2. The van der Waals surface area contributed by atoms with Gasteiger partial charge >= 0.3 is 0 Å². The molecule has 1 aliphatic heterocycles. The molecule has 1 rings (SSSR count). The van der Waals surface area contributed by atoms with Crippen LogP contribution in [0.3, 0.4) is 0 Å². The second-order valence-corrected chi connectivity index (χ2v) is 2.56. The van der Waals surface area contributed by atoms with Crippen molar-refractivity contribution >= 4 is 0 Å². The van der Waals surface area contributed by atoms with E-state index in [4.69, 9.17) is 14.7 Å². The topological polar surface area (TPSA) is 42.2 Å². The van der Waals surface area contributed by atoms with Crippen LogP contribution in [-0.2, 0) is 9.47 Å². The van der Waals surface area contributed by atoms with Crippen LogP contribution < -0.4 is 0 Å². The van der Waals surface area contributed by atoms with Crippen LogP contribution in [0.1, 0.15) is 13.8 Å². The fourth-order valence-electron chi connectivity index (χ4n) is 0.898. The first-order valence-electron chi connectivity index (χ1n) is 3.36. The van der Waals surface area contributed by atoms with Crippen molar-refractivity contribution in [2.45, 2.75) is 19.6 Å². The Hall–Kier alpha value is -0.590. The average Bonchev–Trinajstić information content (AvgIpc) is 2.36. The minimum absolute atomic E-state index is 0.199. The van der Waals surface area contributed by atoms with Crippen molar-refractivity contribution in [3.05, 3.63) is 0 Å². The largest absolute Gasteiger partial charge is 0.346 e. The van der Waals surface area contributed by atoms with Gasteiger partial charge < -0.3 is 9.47 Å². The predicted octanol–water partition coefficient (Wildman–Crippen LogP) is 0.909. The van der Waals surface area contributed by atoms with Gasteiger partial charge in [-0.2, -0.15) is 5.26 Å². The van der Waals surface area contributed by atoms with E-state index >= 15 is 0 Å². The summed E-state index contributed by atoms with van der Waals surface area (Å²) in [5, 5.41) is 8.55. The monoisotopic (exact) mass is 141 g/mol. The highest BCUT2D eigenvalue weighted by molar-refractivity contribution is 4.90. The molecular weight excluding hydrogens is 130 g/mol. The van der Waals surface area contributed by atoms with Crippen molar-refractivity contribution in [2.75, 3.05) is 13.2 Å². The Balaban J connectivity index is 2.60. The van der Waals surface area contributed by atoms with Gasteiger partial charge in [-0.15, -0.1) is 0 Å². The van der Waals surface area contributed by atoms with Crippen LogP contribution in [0.25, 0.3) is 0 Å². The molecule has 0 bridgehead atoms. The van der Waals surface area contributed by atoms with Crippen LogP contribution in [0.2, 0.25) is 0 Å². The molecule has 0 saturated carbocycles. The zero-order chi connectivity index (χ0) is 7.61. The van der Waals surface area contributed by atoms with E-state index in [1.54, 1.807) is 13.8 Å². The van der Waals surface area contributed by atoms with Gasteiger partial charge in [0.1, 0.15) is 0 Å². The molecule has 0 radical (unpaired) electrons. The number of nitriles is 1. The maximum Gasteiger partial charge on any atom is 0.181 e. The van der Waals surface area contributed by atoms with Crippen molar-refractivity contribution < 1.29 is 9.47 Å². The lowest BCUT2D eigenvalue weighted by Crippen LogP contribution is -2.32. The van der Waals surface area contributed by atoms with Gasteiger partial charge in [0.2, 0.25) is 0 Å². The van der Waals surface area contributed by atoms with Crippen molar-refractivity contribution in [2.24, 2.45) is 5.92 Å². The second-order valence-electron chi connectivity index (χ2n) is 2.56. The fraction of sp³-hybridized carbons (Fsp3) is 0.857. The van der Waals surface area contributed by atoms with Gasteiger partial charge in [0.05, 0.1) is 25.2 Å². The Morgan fingerprint density at radius 1 is 1.50 bits per heavy atom. The van der Waals surface area contributed by atoms with Crippen molar-refractivity contribution in [1.29, 1.82) is 5.26 Å². The van der Waals surface area contributed by atoms with E-state index in [2.05, 4.69) is 6.07 Å². The fourth-order valence-corrected chi connectivity index (χ4v) is 0.898. The summed E-state index contributed by atoms with van der Waals surface area (Å²) in [5.74, 6) is -0.857. The number of rotatable bonds is 1. The second kappa shape index (κ2) is 2.57. The minimum atomic E-state index is -0.658. The number of hydrogen-bond acceptors (Lipinski definition) is 3. The van der Waals surface area contributed by atoms with E-state index in [0.29, 0.717) is 13.2 Å². The average molecular weight is 141 g/mol. The minimum Gasteiger partial charge on any atom is -0.346 e. The first-order valence-corrected chi connectivity index (χ1v) is 3.36. The smallest absolute Gasteiger partial charge is 0.181 e. The van der Waals surface area contributed by atoms with E-state index in [-0.39, 0.29) is 5.92 Å². The molecule has 1 unspecified atom stereocenters. The van der Waals surface area contributed by atoms with Crippen molar-refractivity contribution in [3.63, 3.8) is 0 Å². The SMILES string of the molecule is CC(C#N)C1(C)OCCO1. The Morgan fingerprint density at radius 3 is 2.40 bits per heavy atom. The molecule has 3 nitrogen and oxygen atoms in total. The molecule has 1 heterocycles. The van der Waals surface area contributed by atoms with Gasteiger partial charge in [0, 0.05) is 0 Å². The standard InChI is InChI=1S/C7H11NO2/c1-6(5-8)7(2)9-3-4-10-7/h6H,3-4H2,1-2H3. The Labute approximate surface area is 60.5 Å². The molecule has 1 atom stereocenters. The molecule has 0 spiro atoms. The number of nitrogens with zero attached hydrogens (tertiary/aromatic N) is 1. The molecular formula is C7H11NO2. The third kappa shape index (κ3) is 1.13. The highest BCUT2D eigenvalue weighted by atomic mass is 16.7. The molecule has 0 aromatic carbocycles. The van der Waals surface area contributed by atoms with E-state index in [9.17, 15) is 0 Å². The summed E-state index contributed by atoms with van der Waals surface area (Å²) in [7, 11) is 0. The summed E-state index contributed by atoms with van der Waals surface area (Å²) in [4.78, 5) is 0. The summed E-state index contributed by atoms with van der Waals surface area (Å²) in [6.45, 7) is 4.80. The Morgan fingerprint density at radius 2 is 2.00 bits per heavy atom. The molecule has 0 aliphatic carbocycles. The van der Waals surface area contributed by atoms with Crippen LogP contribution in [0.4, 0.5) is 0 Å². The third-order valence-electron chi connectivity index (χ3n) is 1.84. The first kappa shape index (κ1) is 7.52. The molecule has 1 aliphatic rings. The van der Waals surface area contributed by atoms with Crippen LogP contribution in [0.5, 0.6) is 0 Å². The van der Waals surface area contributed by atoms with Crippen LogP contribution in [-0.4, -0.2) is 19.0 Å². The highest BCUT2D eigenvalue weighted by Crippen LogP contribution is 2.26. The van der Waals surface area contributed by atoms with Gasteiger partial charge in [-0.05, 0) is 13.8 Å². The number of hydrogen-bond donors (Lipinski definition) is 0. The van der Waals surface area contributed by atoms with E-state index in [1.807, 2.05) is 0 Å². The van der Waals surface area contributed by atoms with Gasteiger partial charge in [-0.1, -0.05) is 0 Å². The molecule has 0 aromatic rings. The molecule has 0 N–H and O–H groups in total. The zero-order valence-electron chi connectivity index (χ0n) is 6.26. The Bertz CT molecular complexity index is 155. The van der Waals surface area contributed by atoms with Gasteiger partial charge in [-0.25, -0.2) is 0 Å². The Kier molecular flexibility index (Phi) is 1.93. The van der Waals surface area contributed by atoms with Gasteiger partial charge in [0.15, 0.2) is 5.79 Å². The highest BCUT2D eigenvalue weighted by Gasteiger charge is 2.37. The molecule has 0 amide bonds. The summed E-state index contributed by atoms with van der Waals surface area (Å²) in [5.41, 5.74) is 0. The summed E-state index contributed by atoms with van der Waals surface area (Å²) in [6, 6.07) is 2.10. The predicted molar refractivity (Wildman–Crippen MR) is 35.1 cm³/mol. The van der Waals surface area contributed by atoms with E-state index in [1.165, 1.54) is 0 Å². The lowest BCUT2D eigenvalue weighted by Gasteiger charge is -2.24.